The Kier molecular flexibility index (Phi) is 3.64. The number of sulfonamides is 1. The number of rotatable bonds is 3. The normalized spacial score (nSPS) is 23.3. The number of nitro groups is 1. The topological polar surface area (TPSA) is 124 Å². The fourth-order valence-corrected chi connectivity index (χ4v) is 4.14. The SMILES string of the molecule is Cc1c(C(=O)N2C[C@H]3CC[C@H]2C3)cc(S(N)(=O)=O)cc1[N+](=O)[O-]. The van der Waals surface area contributed by atoms with E-state index >= 15 is 0 Å². The molecule has 0 spiro atoms. The molecule has 1 aliphatic carbocycles. The molecule has 1 saturated carbocycles. The van der Waals surface area contributed by atoms with Gasteiger partial charge in [-0.05, 0) is 38.2 Å². The first kappa shape index (κ1) is 15.9. The van der Waals surface area contributed by atoms with Gasteiger partial charge in [0.2, 0.25) is 10.0 Å². The standard InChI is InChI=1S/C14H17N3O5S/c1-8-12(14(18)16-7-9-2-3-10(16)4-9)5-11(23(15,21)22)6-13(8)17(19)20/h5-6,9-10H,2-4,7H2,1H3,(H2,15,21,22)/t9-,10-/m0/s1. The molecular formula is C14H17N3O5S. The molecule has 2 bridgehead atoms. The van der Waals surface area contributed by atoms with Gasteiger partial charge in [0.25, 0.3) is 11.6 Å². The fourth-order valence-electron chi connectivity index (χ4n) is 3.58. The third-order valence-electron chi connectivity index (χ3n) is 4.78. The summed E-state index contributed by atoms with van der Waals surface area (Å²) in [5, 5.41) is 16.3. The van der Waals surface area contributed by atoms with Crippen LogP contribution >= 0.6 is 0 Å². The van der Waals surface area contributed by atoms with Crippen molar-refractivity contribution in [2.45, 2.75) is 37.1 Å². The highest BCUT2D eigenvalue weighted by Gasteiger charge is 2.41. The number of hydrogen-bond acceptors (Lipinski definition) is 5. The number of likely N-dealkylation sites (tertiary alicyclic amines) is 1. The molecule has 1 aliphatic heterocycles. The van der Waals surface area contributed by atoms with Crippen molar-refractivity contribution in [3.05, 3.63) is 33.4 Å². The second-order valence-electron chi connectivity index (χ2n) is 6.21. The largest absolute Gasteiger partial charge is 0.335 e. The van der Waals surface area contributed by atoms with E-state index in [-0.39, 0.29) is 23.1 Å². The molecule has 2 aliphatic rings. The number of nitro benzene ring substituents is 1. The highest BCUT2D eigenvalue weighted by Crippen LogP contribution is 2.39. The fraction of sp³-hybridized carbons (Fsp3) is 0.500. The lowest BCUT2D eigenvalue weighted by atomic mass is 10.0. The van der Waals surface area contributed by atoms with Crippen LogP contribution in [0.15, 0.2) is 17.0 Å². The molecule has 1 saturated heterocycles. The summed E-state index contributed by atoms with van der Waals surface area (Å²) in [6.07, 6.45) is 2.96. The number of nitrogens with two attached hydrogens (primary N) is 1. The Morgan fingerprint density at radius 2 is 2.09 bits per heavy atom. The van der Waals surface area contributed by atoms with Crippen molar-refractivity contribution in [3.63, 3.8) is 0 Å². The van der Waals surface area contributed by atoms with Crippen molar-refractivity contribution in [2.75, 3.05) is 6.54 Å². The van der Waals surface area contributed by atoms with Gasteiger partial charge in [0.1, 0.15) is 0 Å². The number of amides is 1. The highest BCUT2D eigenvalue weighted by molar-refractivity contribution is 7.89. The van der Waals surface area contributed by atoms with E-state index in [4.69, 9.17) is 5.14 Å². The Labute approximate surface area is 133 Å². The lowest BCUT2D eigenvalue weighted by Crippen LogP contribution is -2.38. The van der Waals surface area contributed by atoms with Gasteiger partial charge in [0.05, 0.1) is 15.4 Å². The summed E-state index contributed by atoms with van der Waals surface area (Å²) in [5.41, 5.74) is -0.213. The van der Waals surface area contributed by atoms with Crippen LogP contribution in [-0.4, -0.2) is 36.7 Å². The van der Waals surface area contributed by atoms with E-state index < -0.39 is 25.5 Å². The van der Waals surface area contributed by atoms with Crippen LogP contribution < -0.4 is 5.14 Å². The van der Waals surface area contributed by atoms with Crippen LogP contribution in [0.25, 0.3) is 0 Å². The molecule has 124 valence electrons. The molecule has 9 heteroatoms. The second-order valence-corrected chi connectivity index (χ2v) is 7.77. The molecular weight excluding hydrogens is 322 g/mol. The minimum atomic E-state index is -4.14. The Hall–Kier alpha value is -2.00. The second kappa shape index (κ2) is 5.27. The Morgan fingerprint density at radius 1 is 1.39 bits per heavy atom. The van der Waals surface area contributed by atoms with Crippen molar-refractivity contribution < 1.29 is 18.1 Å². The average Bonchev–Trinajstić information content (AvgIpc) is 3.07. The molecule has 0 radical (unpaired) electrons. The summed E-state index contributed by atoms with van der Waals surface area (Å²) < 4.78 is 23.1. The first-order valence-electron chi connectivity index (χ1n) is 7.31. The van der Waals surface area contributed by atoms with Gasteiger partial charge in [0, 0.05) is 24.2 Å². The molecule has 3 rings (SSSR count). The zero-order chi connectivity index (χ0) is 16.9. The van der Waals surface area contributed by atoms with Gasteiger partial charge >= 0.3 is 0 Å². The zero-order valence-electron chi connectivity index (χ0n) is 12.6. The van der Waals surface area contributed by atoms with E-state index in [9.17, 15) is 23.3 Å². The maximum absolute atomic E-state index is 12.8. The first-order chi connectivity index (χ1) is 10.7. The zero-order valence-corrected chi connectivity index (χ0v) is 13.4. The van der Waals surface area contributed by atoms with Crippen molar-refractivity contribution >= 4 is 21.6 Å². The van der Waals surface area contributed by atoms with E-state index in [0.717, 1.165) is 31.4 Å². The minimum Gasteiger partial charge on any atom is -0.335 e. The number of carbonyl (C=O) groups excluding carboxylic acids is 1. The number of nitrogens with zero attached hydrogens (tertiary/aromatic N) is 2. The maximum Gasteiger partial charge on any atom is 0.274 e. The van der Waals surface area contributed by atoms with Crippen LogP contribution in [0.3, 0.4) is 0 Å². The highest BCUT2D eigenvalue weighted by atomic mass is 32.2. The lowest BCUT2D eigenvalue weighted by Gasteiger charge is -2.27. The molecule has 0 unspecified atom stereocenters. The van der Waals surface area contributed by atoms with Gasteiger partial charge < -0.3 is 4.90 Å². The lowest BCUT2D eigenvalue weighted by molar-refractivity contribution is -0.385. The number of carbonyl (C=O) groups is 1. The number of hydrogen-bond donors (Lipinski definition) is 1. The van der Waals surface area contributed by atoms with Crippen LogP contribution in [0.5, 0.6) is 0 Å². The molecule has 0 aromatic heterocycles. The van der Waals surface area contributed by atoms with Gasteiger partial charge in [0.15, 0.2) is 0 Å². The number of primary sulfonamides is 1. The maximum atomic E-state index is 12.8. The summed E-state index contributed by atoms with van der Waals surface area (Å²) in [6, 6.07) is 2.19. The van der Waals surface area contributed by atoms with Crippen LogP contribution in [0.1, 0.15) is 35.2 Å². The Balaban J connectivity index is 2.09. The molecule has 2 atom stereocenters. The Morgan fingerprint density at radius 3 is 2.57 bits per heavy atom. The molecule has 2 fully saturated rings. The smallest absolute Gasteiger partial charge is 0.274 e. The van der Waals surface area contributed by atoms with Gasteiger partial charge in [-0.25, -0.2) is 13.6 Å². The predicted molar refractivity (Wildman–Crippen MR) is 81.4 cm³/mol. The third kappa shape index (κ3) is 2.70. The van der Waals surface area contributed by atoms with Gasteiger partial charge in [-0.15, -0.1) is 0 Å². The summed E-state index contributed by atoms with van der Waals surface area (Å²) in [7, 11) is -4.14. The Bertz CT molecular complexity index is 805. The third-order valence-corrected chi connectivity index (χ3v) is 5.67. The van der Waals surface area contributed by atoms with Crippen LogP contribution in [0.4, 0.5) is 5.69 Å². The van der Waals surface area contributed by atoms with E-state index in [1.807, 2.05) is 0 Å². The summed E-state index contributed by atoms with van der Waals surface area (Å²) in [6.45, 7) is 2.07. The molecule has 8 nitrogen and oxygen atoms in total. The van der Waals surface area contributed by atoms with Crippen molar-refractivity contribution in [3.8, 4) is 0 Å². The summed E-state index contributed by atoms with van der Waals surface area (Å²) >= 11 is 0. The quantitative estimate of drug-likeness (QED) is 0.654. The van der Waals surface area contributed by atoms with Crippen molar-refractivity contribution in [1.82, 2.24) is 4.90 Å². The van der Waals surface area contributed by atoms with Gasteiger partial charge in [-0.1, -0.05) is 0 Å². The molecule has 23 heavy (non-hydrogen) atoms. The van der Waals surface area contributed by atoms with Gasteiger partial charge in [-0.2, -0.15) is 0 Å². The van der Waals surface area contributed by atoms with Crippen LogP contribution in [0.2, 0.25) is 0 Å². The number of fused-ring (bicyclic) bond motifs is 2. The monoisotopic (exact) mass is 339 g/mol. The molecule has 1 aromatic rings. The number of benzene rings is 1. The van der Waals surface area contributed by atoms with Crippen molar-refractivity contribution in [1.29, 1.82) is 0 Å². The van der Waals surface area contributed by atoms with Crippen LogP contribution in [0, 0.1) is 23.0 Å². The molecule has 1 aromatic carbocycles. The van der Waals surface area contributed by atoms with E-state index in [1.165, 1.54) is 6.92 Å². The van der Waals surface area contributed by atoms with E-state index in [0.29, 0.717) is 12.5 Å². The molecule has 2 N–H and O–H groups in total. The molecule has 1 amide bonds. The van der Waals surface area contributed by atoms with E-state index in [1.54, 1.807) is 4.90 Å². The van der Waals surface area contributed by atoms with E-state index in [2.05, 4.69) is 0 Å². The minimum absolute atomic E-state index is 0.0378. The first-order valence-corrected chi connectivity index (χ1v) is 8.86. The molecule has 1 heterocycles. The van der Waals surface area contributed by atoms with Crippen molar-refractivity contribution in [2.24, 2.45) is 11.1 Å². The van der Waals surface area contributed by atoms with Crippen LogP contribution in [-0.2, 0) is 10.0 Å². The predicted octanol–water partition coefficient (Wildman–Crippen LogP) is 1.18. The summed E-state index contributed by atoms with van der Waals surface area (Å²) in [4.78, 5) is 24.5. The average molecular weight is 339 g/mol. The summed E-state index contributed by atoms with van der Waals surface area (Å²) in [5.74, 6) is 0.115. The number of piperidine rings is 1. The van der Waals surface area contributed by atoms with Gasteiger partial charge in [-0.3, -0.25) is 14.9 Å².